The molecule has 0 radical (unpaired) electrons. The number of hydrogen-bond acceptors (Lipinski definition) is 4. The van der Waals surface area contributed by atoms with Crippen LogP contribution < -0.4 is 4.74 Å². The van der Waals surface area contributed by atoms with Gasteiger partial charge in [-0.2, -0.15) is 4.31 Å². The molecular weight excluding hydrogens is 290 g/mol. The molecule has 5 nitrogen and oxygen atoms in total. The number of nitrogens with zero attached hydrogens (tertiary/aromatic N) is 1. The molecule has 0 aliphatic rings. The Labute approximate surface area is 127 Å². The van der Waals surface area contributed by atoms with Gasteiger partial charge in [0.15, 0.2) is 5.78 Å². The molecule has 21 heavy (non-hydrogen) atoms. The van der Waals surface area contributed by atoms with Crippen molar-refractivity contribution < 1.29 is 17.9 Å². The monoisotopic (exact) mass is 313 g/mol. The molecule has 0 bridgehead atoms. The fourth-order valence-corrected chi connectivity index (χ4v) is 3.71. The minimum absolute atomic E-state index is 0.0419. The molecular formula is C15H23NO4S. The van der Waals surface area contributed by atoms with Gasteiger partial charge in [-0.25, -0.2) is 8.42 Å². The third-order valence-electron chi connectivity index (χ3n) is 3.30. The van der Waals surface area contributed by atoms with Gasteiger partial charge in [-0.05, 0) is 18.2 Å². The van der Waals surface area contributed by atoms with E-state index in [4.69, 9.17) is 4.74 Å². The lowest BCUT2D eigenvalue weighted by atomic mass is 10.0. The topological polar surface area (TPSA) is 63.7 Å². The summed E-state index contributed by atoms with van der Waals surface area (Å²) in [4.78, 5) is 12.1. The zero-order valence-corrected chi connectivity index (χ0v) is 14.0. The molecule has 1 rings (SSSR count). The SMILES string of the molecule is CCN(CC)S(=O)(=O)c1cc(C(=O)C(C)C)ccc1OC. The van der Waals surface area contributed by atoms with Gasteiger partial charge in [0.1, 0.15) is 10.6 Å². The molecule has 0 aromatic heterocycles. The van der Waals surface area contributed by atoms with E-state index in [0.717, 1.165) is 0 Å². The minimum atomic E-state index is -3.67. The van der Waals surface area contributed by atoms with E-state index in [1.165, 1.54) is 23.5 Å². The Hall–Kier alpha value is -1.40. The van der Waals surface area contributed by atoms with Crippen LogP contribution in [0.1, 0.15) is 38.1 Å². The number of methoxy groups -OCH3 is 1. The summed E-state index contributed by atoms with van der Waals surface area (Å²) in [5.74, 6) is -0.0294. The molecule has 118 valence electrons. The number of rotatable bonds is 7. The molecule has 0 heterocycles. The van der Waals surface area contributed by atoms with E-state index in [-0.39, 0.29) is 22.3 Å². The Morgan fingerprint density at radius 3 is 2.24 bits per heavy atom. The summed E-state index contributed by atoms with van der Waals surface area (Å²) in [5, 5.41) is 0. The van der Waals surface area contributed by atoms with Crippen LogP contribution in [0.3, 0.4) is 0 Å². The molecule has 1 aromatic rings. The van der Waals surface area contributed by atoms with Crippen LogP contribution >= 0.6 is 0 Å². The molecule has 6 heteroatoms. The van der Waals surface area contributed by atoms with Gasteiger partial charge in [0.2, 0.25) is 10.0 Å². The number of ketones is 1. The first-order chi connectivity index (χ1) is 9.79. The van der Waals surface area contributed by atoms with Crippen LogP contribution in [-0.4, -0.2) is 38.7 Å². The second kappa shape index (κ2) is 7.04. The lowest BCUT2D eigenvalue weighted by Gasteiger charge is -2.20. The van der Waals surface area contributed by atoms with Crippen molar-refractivity contribution in [2.45, 2.75) is 32.6 Å². The van der Waals surface area contributed by atoms with E-state index in [9.17, 15) is 13.2 Å². The standard InChI is InChI=1S/C15H23NO4S/c1-6-16(7-2)21(18,19)14-10-12(15(17)11(3)4)8-9-13(14)20-5/h8-11H,6-7H2,1-5H3. The summed E-state index contributed by atoms with van der Waals surface area (Å²) in [6.45, 7) is 7.85. The number of benzene rings is 1. The van der Waals surface area contributed by atoms with Crippen LogP contribution in [0.2, 0.25) is 0 Å². The van der Waals surface area contributed by atoms with Gasteiger partial charge in [-0.1, -0.05) is 27.7 Å². The minimum Gasteiger partial charge on any atom is -0.495 e. The second-order valence-corrected chi connectivity index (χ2v) is 6.88. The summed E-state index contributed by atoms with van der Waals surface area (Å²) >= 11 is 0. The van der Waals surface area contributed by atoms with E-state index in [0.29, 0.717) is 18.7 Å². The zero-order chi connectivity index (χ0) is 16.2. The maximum absolute atomic E-state index is 12.7. The lowest BCUT2D eigenvalue weighted by Crippen LogP contribution is -2.31. The van der Waals surface area contributed by atoms with Crippen molar-refractivity contribution in [1.29, 1.82) is 0 Å². The molecule has 0 saturated carbocycles. The lowest BCUT2D eigenvalue weighted by molar-refractivity contribution is 0.0939. The average Bonchev–Trinajstić information content (AvgIpc) is 2.46. The normalized spacial score (nSPS) is 12.0. The Morgan fingerprint density at radius 1 is 1.24 bits per heavy atom. The van der Waals surface area contributed by atoms with Crippen LogP contribution in [0.25, 0.3) is 0 Å². The summed E-state index contributed by atoms with van der Waals surface area (Å²) in [5.41, 5.74) is 0.386. The number of ether oxygens (including phenoxy) is 1. The van der Waals surface area contributed by atoms with Gasteiger partial charge in [0, 0.05) is 24.6 Å². The van der Waals surface area contributed by atoms with Gasteiger partial charge in [-0.3, -0.25) is 4.79 Å². The van der Waals surface area contributed by atoms with Crippen molar-refractivity contribution in [1.82, 2.24) is 4.31 Å². The first-order valence-electron chi connectivity index (χ1n) is 7.01. The van der Waals surface area contributed by atoms with Crippen molar-refractivity contribution in [3.05, 3.63) is 23.8 Å². The number of sulfonamides is 1. The maximum Gasteiger partial charge on any atom is 0.246 e. The average molecular weight is 313 g/mol. The quantitative estimate of drug-likeness (QED) is 0.726. The highest BCUT2D eigenvalue weighted by Crippen LogP contribution is 2.28. The van der Waals surface area contributed by atoms with Gasteiger partial charge < -0.3 is 4.74 Å². The number of carbonyl (C=O) groups is 1. The second-order valence-electron chi connectivity index (χ2n) is 4.97. The largest absolute Gasteiger partial charge is 0.495 e. The Bertz CT molecular complexity index is 604. The third-order valence-corrected chi connectivity index (χ3v) is 5.37. The highest BCUT2D eigenvalue weighted by Gasteiger charge is 2.27. The van der Waals surface area contributed by atoms with E-state index in [1.807, 2.05) is 0 Å². The first-order valence-corrected chi connectivity index (χ1v) is 8.45. The molecule has 0 aliphatic carbocycles. The predicted molar refractivity (Wildman–Crippen MR) is 82.3 cm³/mol. The van der Waals surface area contributed by atoms with Crippen molar-refractivity contribution in [2.24, 2.45) is 5.92 Å². The molecule has 0 N–H and O–H groups in total. The van der Waals surface area contributed by atoms with Gasteiger partial charge in [0.25, 0.3) is 0 Å². The maximum atomic E-state index is 12.7. The van der Waals surface area contributed by atoms with Crippen LogP contribution in [-0.2, 0) is 10.0 Å². The molecule has 0 spiro atoms. The number of carbonyl (C=O) groups excluding carboxylic acids is 1. The Morgan fingerprint density at radius 2 is 1.81 bits per heavy atom. The van der Waals surface area contributed by atoms with Gasteiger partial charge in [0.05, 0.1) is 7.11 Å². The van der Waals surface area contributed by atoms with Crippen LogP contribution in [0.4, 0.5) is 0 Å². The summed E-state index contributed by atoms with van der Waals surface area (Å²) < 4.78 is 31.8. The van der Waals surface area contributed by atoms with E-state index in [1.54, 1.807) is 33.8 Å². The molecule has 0 fully saturated rings. The molecule has 0 saturated heterocycles. The van der Waals surface area contributed by atoms with Crippen molar-refractivity contribution in [3.8, 4) is 5.75 Å². The zero-order valence-electron chi connectivity index (χ0n) is 13.2. The smallest absolute Gasteiger partial charge is 0.246 e. The van der Waals surface area contributed by atoms with Gasteiger partial charge >= 0.3 is 0 Å². The summed E-state index contributed by atoms with van der Waals surface area (Å²) in [7, 11) is -2.25. The molecule has 0 amide bonds. The molecule has 1 aromatic carbocycles. The number of hydrogen-bond donors (Lipinski definition) is 0. The van der Waals surface area contributed by atoms with Crippen molar-refractivity contribution >= 4 is 15.8 Å². The molecule has 0 aliphatic heterocycles. The molecule has 0 unspecified atom stereocenters. The van der Waals surface area contributed by atoms with E-state index in [2.05, 4.69) is 0 Å². The van der Waals surface area contributed by atoms with Crippen molar-refractivity contribution in [2.75, 3.05) is 20.2 Å². The highest BCUT2D eigenvalue weighted by atomic mass is 32.2. The van der Waals surface area contributed by atoms with Crippen LogP contribution in [0.5, 0.6) is 5.75 Å². The van der Waals surface area contributed by atoms with Crippen LogP contribution in [0, 0.1) is 5.92 Å². The summed E-state index contributed by atoms with van der Waals surface area (Å²) in [6.07, 6.45) is 0. The van der Waals surface area contributed by atoms with Gasteiger partial charge in [-0.15, -0.1) is 0 Å². The fraction of sp³-hybridized carbons (Fsp3) is 0.533. The summed E-state index contributed by atoms with van der Waals surface area (Å²) in [6, 6.07) is 4.54. The Kier molecular flexibility index (Phi) is 5.92. The van der Waals surface area contributed by atoms with E-state index >= 15 is 0 Å². The Balaban J connectivity index is 3.46. The van der Waals surface area contributed by atoms with E-state index < -0.39 is 10.0 Å². The molecule has 0 atom stereocenters. The third kappa shape index (κ3) is 3.63. The predicted octanol–water partition coefficient (Wildman–Crippen LogP) is 2.56. The highest BCUT2D eigenvalue weighted by molar-refractivity contribution is 7.89. The fourth-order valence-electron chi connectivity index (χ4n) is 2.07. The van der Waals surface area contributed by atoms with Crippen LogP contribution in [0.15, 0.2) is 23.1 Å². The van der Waals surface area contributed by atoms with Crippen molar-refractivity contribution in [3.63, 3.8) is 0 Å². The first kappa shape index (κ1) is 17.7. The number of Topliss-reactive ketones (excluding diaryl/α,β-unsaturated/α-hetero) is 1.